The minimum atomic E-state index is -5.65. The van der Waals surface area contributed by atoms with Gasteiger partial charge in [0.1, 0.15) is 11.6 Å². The molecule has 0 aliphatic heterocycles. The van der Waals surface area contributed by atoms with E-state index in [1.54, 1.807) is 6.08 Å². The molecule has 0 aromatic heterocycles. The number of fused-ring (bicyclic) bond motifs is 2. The van der Waals surface area contributed by atoms with Crippen molar-refractivity contribution in [2.24, 2.45) is 17.8 Å². The lowest BCUT2D eigenvalue weighted by Gasteiger charge is -2.28. The van der Waals surface area contributed by atoms with Crippen molar-refractivity contribution in [3.05, 3.63) is 89.8 Å². The zero-order chi connectivity index (χ0) is 32.0. The minimum absolute atomic E-state index is 0.0316. The quantitative estimate of drug-likeness (QED) is 0.233. The first-order valence-corrected chi connectivity index (χ1v) is 14.6. The highest BCUT2D eigenvalue weighted by molar-refractivity contribution is 7.92. The molecule has 3 N–H and O–H groups in total. The van der Waals surface area contributed by atoms with Gasteiger partial charge in [-0.25, -0.2) is 17.6 Å². The van der Waals surface area contributed by atoms with Crippen LogP contribution in [0.25, 0.3) is 11.1 Å². The highest BCUT2D eigenvalue weighted by atomic mass is 32.2. The number of amides is 2. The molecule has 0 unspecified atom stereocenters. The molecule has 0 spiro atoms. The van der Waals surface area contributed by atoms with Crippen LogP contribution in [0.5, 0.6) is 5.75 Å². The third-order valence-electron chi connectivity index (χ3n) is 7.76. The van der Waals surface area contributed by atoms with Crippen LogP contribution in [-0.4, -0.2) is 50.0 Å². The van der Waals surface area contributed by atoms with Gasteiger partial charge in [-0.2, -0.15) is 13.2 Å². The number of methoxy groups -OCH3 is 1. The van der Waals surface area contributed by atoms with E-state index < -0.39 is 55.8 Å². The summed E-state index contributed by atoms with van der Waals surface area (Å²) in [6, 6.07) is 10.8. The van der Waals surface area contributed by atoms with Crippen molar-refractivity contribution in [2.75, 3.05) is 12.4 Å². The highest BCUT2D eigenvalue weighted by Gasteiger charge is 2.49. The van der Waals surface area contributed by atoms with E-state index in [1.165, 1.54) is 37.4 Å². The Labute approximate surface area is 248 Å². The molecule has 1 fully saturated rings. The number of carbonyl (C=O) groups excluding carboxylic acids is 2. The Morgan fingerprint density at radius 3 is 2.32 bits per heavy atom. The standard InChI is InChI=1S/C30H24F4N2O7S/c1-43-24-14-23(31)21(19-7-2-3-8-20(19)29(39)40)13-22(24)27(37)36-26-16-10-9-15(11-16)25(26)28(38)35-17-5-4-6-18(12-17)44(41,42)30(32,33)34/h2-10,12-16,25-26H,11H2,1H3,(H,35,38)(H,36,37)(H,39,40)/t15-,16+,25+,26-/m1/s1. The Morgan fingerprint density at radius 2 is 1.64 bits per heavy atom. The van der Waals surface area contributed by atoms with Crippen LogP contribution in [0.3, 0.4) is 0 Å². The number of rotatable bonds is 8. The molecule has 5 rings (SSSR count). The Bertz CT molecular complexity index is 1810. The van der Waals surface area contributed by atoms with E-state index in [4.69, 9.17) is 4.74 Å². The lowest BCUT2D eigenvalue weighted by atomic mass is 9.87. The van der Waals surface area contributed by atoms with Gasteiger partial charge in [0, 0.05) is 23.4 Å². The van der Waals surface area contributed by atoms with E-state index in [0.717, 1.165) is 24.3 Å². The van der Waals surface area contributed by atoms with Crippen LogP contribution in [0.4, 0.5) is 23.2 Å². The van der Waals surface area contributed by atoms with Crippen LogP contribution < -0.4 is 15.4 Å². The van der Waals surface area contributed by atoms with Crippen LogP contribution in [0.2, 0.25) is 0 Å². The van der Waals surface area contributed by atoms with Gasteiger partial charge in [-0.3, -0.25) is 9.59 Å². The number of halogens is 4. The molecule has 3 aromatic carbocycles. The highest BCUT2D eigenvalue weighted by Crippen LogP contribution is 2.45. The van der Waals surface area contributed by atoms with Gasteiger partial charge in [-0.15, -0.1) is 0 Å². The fourth-order valence-electron chi connectivity index (χ4n) is 5.72. The number of ether oxygens (including phenoxy) is 1. The monoisotopic (exact) mass is 632 g/mol. The molecule has 2 aliphatic rings. The molecular weight excluding hydrogens is 608 g/mol. The summed E-state index contributed by atoms with van der Waals surface area (Å²) in [6.45, 7) is 0. The number of aromatic carboxylic acids is 1. The first kappa shape index (κ1) is 30.7. The van der Waals surface area contributed by atoms with Crippen molar-refractivity contribution < 1.29 is 50.2 Å². The van der Waals surface area contributed by atoms with Crippen LogP contribution in [0.15, 0.2) is 77.7 Å². The van der Waals surface area contributed by atoms with E-state index in [9.17, 15) is 41.1 Å². The summed E-state index contributed by atoms with van der Waals surface area (Å²) in [7, 11) is -4.43. The maximum absolute atomic E-state index is 15.1. The molecule has 3 aromatic rings. The van der Waals surface area contributed by atoms with Crippen molar-refractivity contribution in [1.29, 1.82) is 0 Å². The van der Waals surface area contributed by atoms with Crippen LogP contribution in [0, 0.1) is 23.6 Å². The number of sulfone groups is 1. The van der Waals surface area contributed by atoms with Gasteiger partial charge in [-0.1, -0.05) is 36.4 Å². The number of hydrogen-bond donors (Lipinski definition) is 3. The minimum Gasteiger partial charge on any atom is -0.496 e. The molecule has 0 radical (unpaired) electrons. The van der Waals surface area contributed by atoms with Crippen molar-refractivity contribution in [3.8, 4) is 16.9 Å². The van der Waals surface area contributed by atoms with Gasteiger partial charge in [0.05, 0.1) is 29.1 Å². The smallest absolute Gasteiger partial charge is 0.496 e. The molecule has 9 nitrogen and oxygen atoms in total. The van der Waals surface area contributed by atoms with Crippen LogP contribution in [0.1, 0.15) is 27.1 Å². The summed E-state index contributed by atoms with van der Waals surface area (Å²) in [5.41, 5.74) is -6.16. The average Bonchev–Trinajstić information content (AvgIpc) is 3.58. The van der Waals surface area contributed by atoms with Crippen molar-refractivity contribution in [3.63, 3.8) is 0 Å². The van der Waals surface area contributed by atoms with Gasteiger partial charge in [0.25, 0.3) is 15.7 Å². The van der Waals surface area contributed by atoms with Crippen LogP contribution in [-0.2, 0) is 14.6 Å². The Kier molecular flexibility index (Phi) is 7.97. The Morgan fingerprint density at radius 1 is 0.932 bits per heavy atom. The molecule has 4 atom stereocenters. The van der Waals surface area contributed by atoms with E-state index >= 15 is 4.39 Å². The molecule has 2 bridgehead atoms. The van der Waals surface area contributed by atoms with E-state index in [2.05, 4.69) is 10.6 Å². The number of anilines is 1. The SMILES string of the molecule is COc1cc(F)c(-c2ccccc2C(=O)O)cc1C(=O)N[C@H]1[C@@H](C(=O)Nc2cccc(S(=O)(=O)C(F)(F)F)c2)[C@@H]2C=C[C@H]1C2. The average molecular weight is 633 g/mol. The number of carboxylic acid groups (broad SMARTS) is 1. The molecule has 0 saturated heterocycles. The van der Waals surface area contributed by atoms with Crippen molar-refractivity contribution in [1.82, 2.24) is 5.32 Å². The van der Waals surface area contributed by atoms with Gasteiger partial charge < -0.3 is 20.5 Å². The number of allylic oxidation sites excluding steroid dienone is 1. The van der Waals surface area contributed by atoms with Crippen molar-refractivity contribution in [2.45, 2.75) is 22.9 Å². The number of alkyl halides is 3. The molecule has 44 heavy (non-hydrogen) atoms. The second kappa shape index (κ2) is 11.4. The number of hydrogen-bond acceptors (Lipinski definition) is 6. The third-order valence-corrected chi connectivity index (χ3v) is 9.24. The lowest BCUT2D eigenvalue weighted by Crippen LogP contribution is -2.47. The van der Waals surface area contributed by atoms with Gasteiger partial charge >= 0.3 is 11.5 Å². The summed E-state index contributed by atoms with van der Waals surface area (Å²) < 4.78 is 83.2. The lowest BCUT2D eigenvalue weighted by molar-refractivity contribution is -0.121. The van der Waals surface area contributed by atoms with Gasteiger partial charge in [-0.05, 0) is 54.2 Å². The predicted octanol–water partition coefficient (Wildman–Crippen LogP) is 5.05. The summed E-state index contributed by atoms with van der Waals surface area (Å²) in [5.74, 6) is -5.16. The number of benzene rings is 3. The maximum atomic E-state index is 15.1. The summed E-state index contributed by atoms with van der Waals surface area (Å²) in [6.07, 6.45) is 4.11. The third kappa shape index (κ3) is 5.52. The number of nitrogens with one attached hydrogen (secondary N) is 2. The Balaban J connectivity index is 1.42. The zero-order valence-electron chi connectivity index (χ0n) is 22.8. The number of carbonyl (C=O) groups is 3. The fraction of sp³-hybridized carbons (Fsp3) is 0.233. The molecule has 0 heterocycles. The number of carboxylic acids is 1. The van der Waals surface area contributed by atoms with Gasteiger partial charge in [0.15, 0.2) is 0 Å². The molecule has 2 amide bonds. The van der Waals surface area contributed by atoms with E-state index in [0.29, 0.717) is 12.5 Å². The van der Waals surface area contributed by atoms with E-state index in [-0.39, 0.29) is 45.5 Å². The summed E-state index contributed by atoms with van der Waals surface area (Å²) in [4.78, 5) is 37.7. The summed E-state index contributed by atoms with van der Waals surface area (Å²) in [5, 5.41) is 14.8. The molecule has 14 heteroatoms. The fourth-order valence-corrected chi connectivity index (χ4v) is 6.53. The van der Waals surface area contributed by atoms with Crippen LogP contribution >= 0.6 is 0 Å². The molecular formula is C30H24F4N2O7S. The second-order valence-corrected chi connectivity index (χ2v) is 12.3. The molecule has 230 valence electrons. The second-order valence-electron chi connectivity index (χ2n) is 10.3. The molecule has 1 saturated carbocycles. The topological polar surface area (TPSA) is 139 Å². The first-order chi connectivity index (χ1) is 20.7. The first-order valence-electron chi connectivity index (χ1n) is 13.1. The largest absolute Gasteiger partial charge is 0.501 e. The normalized spacial score (nSPS) is 20.8. The Hall–Kier alpha value is -4.72. The zero-order valence-corrected chi connectivity index (χ0v) is 23.6. The maximum Gasteiger partial charge on any atom is 0.501 e. The predicted molar refractivity (Wildman–Crippen MR) is 149 cm³/mol. The van der Waals surface area contributed by atoms with E-state index in [1.807, 2.05) is 6.08 Å². The van der Waals surface area contributed by atoms with Crippen molar-refractivity contribution >= 4 is 33.3 Å². The summed E-state index contributed by atoms with van der Waals surface area (Å²) >= 11 is 0. The van der Waals surface area contributed by atoms with Gasteiger partial charge in [0.2, 0.25) is 5.91 Å². The molecule has 2 aliphatic carbocycles.